The smallest absolute Gasteiger partial charge is 0.380 e. The minimum absolute atomic E-state index is 0.0495. The number of benzene rings is 1. The van der Waals surface area contributed by atoms with E-state index < -0.39 is 17.4 Å². The molecule has 1 rings (SSSR count). The first-order chi connectivity index (χ1) is 7.72. The van der Waals surface area contributed by atoms with E-state index in [9.17, 15) is 9.59 Å². The molecule has 1 aromatic carbocycles. The number of Topliss-reactive ketones (excluding diaryl/α,β-unsaturated/α-hetero) is 1. The number of hydrogen-bond donors (Lipinski definition) is 0. The third-order valence-corrected chi connectivity index (χ3v) is 2.60. The van der Waals surface area contributed by atoms with Crippen molar-refractivity contribution in [3.8, 4) is 0 Å². The number of carbonyl (C=O) groups is 2. The minimum Gasteiger partial charge on any atom is -0.454 e. The molecule has 0 aliphatic heterocycles. The largest absolute Gasteiger partial charge is 0.454 e. The molecule has 0 bridgehead atoms. The molecule has 92 valence electrons. The third-order valence-electron chi connectivity index (χ3n) is 1.78. The Hall–Kier alpha value is -1.06. The van der Waals surface area contributed by atoms with Crippen molar-refractivity contribution in [2.75, 3.05) is 0 Å². The van der Waals surface area contributed by atoms with Gasteiger partial charge in [0.1, 0.15) is 5.60 Å². The summed E-state index contributed by atoms with van der Waals surface area (Å²) >= 11 is 11.6. The van der Waals surface area contributed by atoms with Crippen LogP contribution in [0, 0.1) is 0 Å². The molecule has 0 saturated heterocycles. The van der Waals surface area contributed by atoms with Crippen LogP contribution in [-0.4, -0.2) is 17.4 Å². The zero-order valence-electron chi connectivity index (χ0n) is 9.71. The van der Waals surface area contributed by atoms with Crippen LogP contribution in [0.1, 0.15) is 31.1 Å². The quantitative estimate of drug-likeness (QED) is 0.471. The maximum absolute atomic E-state index is 11.8. The summed E-state index contributed by atoms with van der Waals surface area (Å²) in [6, 6.07) is 4.52. The van der Waals surface area contributed by atoms with Gasteiger partial charge >= 0.3 is 5.97 Å². The Balaban J connectivity index is 2.98. The zero-order chi connectivity index (χ0) is 13.2. The van der Waals surface area contributed by atoms with Gasteiger partial charge in [0.2, 0.25) is 0 Å². The average molecular weight is 275 g/mol. The maximum Gasteiger partial charge on any atom is 0.380 e. The second kappa shape index (κ2) is 5.07. The van der Waals surface area contributed by atoms with Gasteiger partial charge in [-0.25, -0.2) is 4.79 Å². The second-order valence-corrected chi connectivity index (χ2v) is 5.22. The fourth-order valence-electron chi connectivity index (χ4n) is 1.11. The molecule has 0 aliphatic carbocycles. The molecule has 0 amide bonds. The molecule has 0 spiro atoms. The van der Waals surface area contributed by atoms with Gasteiger partial charge in [-0.2, -0.15) is 0 Å². The summed E-state index contributed by atoms with van der Waals surface area (Å²) in [6.45, 7) is 5.03. The molecule has 0 saturated carbocycles. The van der Waals surface area contributed by atoms with E-state index in [1.807, 2.05) is 0 Å². The molecule has 17 heavy (non-hydrogen) atoms. The summed E-state index contributed by atoms with van der Waals surface area (Å²) in [5.41, 5.74) is -0.675. The highest BCUT2D eigenvalue weighted by molar-refractivity contribution is 6.49. The van der Waals surface area contributed by atoms with Crippen molar-refractivity contribution in [3.63, 3.8) is 0 Å². The highest BCUT2D eigenvalue weighted by Gasteiger charge is 2.26. The maximum atomic E-state index is 11.8. The van der Waals surface area contributed by atoms with Crippen LogP contribution in [0.4, 0.5) is 0 Å². The van der Waals surface area contributed by atoms with Gasteiger partial charge in [-0.15, -0.1) is 0 Å². The summed E-state index contributed by atoms with van der Waals surface area (Å²) < 4.78 is 4.96. The van der Waals surface area contributed by atoms with Crippen molar-refractivity contribution in [2.45, 2.75) is 26.4 Å². The number of esters is 1. The van der Waals surface area contributed by atoms with E-state index in [-0.39, 0.29) is 15.6 Å². The van der Waals surface area contributed by atoms with Crippen LogP contribution in [-0.2, 0) is 9.53 Å². The van der Waals surface area contributed by atoms with Crippen LogP contribution in [0.2, 0.25) is 10.0 Å². The predicted octanol–water partition coefficient (Wildman–Crippen LogP) is 3.52. The molecule has 0 unspecified atom stereocenters. The van der Waals surface area contributed by atoms with Gasteiger partial charge in [0, 0.05) is 5.56 Å². The number of halogens is 2. The Kier molecular flexibility index (Phi) is 4.17. The summed E-state index contributed by atoms with van der Waals surface area (Å²) in [5.74, 6) is -1.74. The molecule has 1 aromatic rings. The molecule has 5 heteroatoms. The average Bonchev–Trinajstić information content (AvgIpc) is 2.18. The normalized spacial score (nSPS) is 11.1. The van der Waals surface area contributed by atoms with E-state index in [1.165, 1.54) is 12.1 Å². The lowest BCUT2D eigenvalue weighted by Crippen LogP contribution is -2.29. The van der Waals surface area contributed by atoms with Gasteiger partial charge < -0.3 is 4.74 Å². The fourth-order valence-corrected chi connectivity index (χ4v) is 1.50. The van der Waals surface area contributed by atoms with Crippen molar-refractivity contribution in [3.05, 3.63) is 33.8 Å². The zero-order valence-corrected chi connectivity index (χ0v) is 11.2. The van der Waals surface area contributed by atoms with E-state index in [1.54, 1.807) is 26.8 Å². The molecular weight excluding hydrogens is 263 g/mol. The Morgan fingerprint density at radius 2 is 1.76 bits per heavy atom. The first-order valence-corrected chi connectivity index (χ1v) is 5.69. The number of ether oxygens (including phenoxy) is 1. The highest BCUT2D eigenvalue weighted by atomic mass is 35.5. The monoisotopic (exact) mass is 274 g/mol. The van der Waals surface area contributed by atoms with Crippen LogP contribution < -0.4 is 0 Å². The first-order valence-electron chi connectivity index (χ1n) is 4.94. The van der Waals surface area contributed by atoms with Gasteiger partial charge in [0.05, 0.1) is 10.0 Å². The Morgan fingerprint density at radius 3 is 2.29 bits per heavy atom. The van der Waals surface area contributed by atoms with Gasteiger partial charge in [-0.05, 0) is 32.9 Å². The van der Waals surface area contributed by atoms with Crippen LogP contribution in [0.25, 0.3) is 0 Å². The lowest BCUT2D eigenvalue weighted by molar-refractivity contribution is -0.148. The van der Waals surface area contributed by atoms with Crippen molar-refractivity contribution in [1.29, 1.82) is 0 Å². The molecule has 0 aromatic heterocycles. The Morgan fingerprint density at radius 1 is 1.18 bits per heavy atom. The molecular formula is C12H12Cl2O3. The molecule has 0 N–H and O–H groups in total. The molecule has 3 nitrogen and oxygen atoms in total. The van der Waals surface area contributed by atoms with E-state index in [4.69, 9.17) is 27.9 Å². The first kappa shape index (κ1) is 14.0. The minimum atomic E-state index is -0.943. The molecule has 0 aliphatic rings. The second-order valence-electron chi connectivity index (χ2n) is 4.43. The lowest BCUT2D eigenvalue weighted by Gasteiger charge is -2.18. The van der Waals surface area contributed by atoms with Gasteiger partial charge in [-0.1, -0.05) is 29.3 Å². The predicted molar refractivity (Wildman–Crippen MR) is 66.6 cm³/mol. The third kappa shape index (κ3) is 3.72. The lowest BCUT2D eigenvalue weighted by atomic mass is 10.1. The van der Waals surface area contributed by atoms with Crippen LogP contribution in [0.5, 0.6) is 0 Å². The Bertz CT molecular complexity index is 461. The van der Waals surface area contributed by atoms with Crippen LogP contribution in [0.3, 0.4) is 0 Å². The van der Waals surface area contributed by atoms with Crippen molar-refractivity contribution in [1.82, 2.24) is 0 Å². The summed E-state index contributed by atoms with van der Waals surface area (Å²) in [5, 5.41) is 0.283. The molecule has 0 fully saturated rings. The van der Waals surface area contributed by atoms with Gasteiger partial charge in [0.25, 0.3) is 5.78 Å². The van der Waals surface area contributed by atoms with Gasteiger partial charge in [0.15, 0.2) is 0 Å². The summed E-state index contributed by atoms with van der Waals surface area (Å²) in [7, 11) is 0. The number of ketones is 1. The van der Waals surface area contributed by atoms with E-state index >= 15 is 0 Å². The Labute approximate surface area is 110 Å². The molecule has 0 heterocycles. The van der Waals surface area contributed by atoms with Crippen molar-refractivity contribution < 1.29 is 14.3 Å². The molecule has 0 atom stereocenters. The van der Waals surface area contributed by atoms with Crippen LogP contribution >= 0.6 is 23.2 Å². The van der Waals surface area contributed by atoms with E-state index in [0.717, 1.165) is 0 Å². The number of hydrogen-bond acceptors (Lipinski definition) is 3. The number of rotatable bonds is 2. The SMILES string of the molecule is CC(C)(C)OC(=O)C(=O)c1cccc(Cl)c1Cl. The van der Waals surface area contributed by atoms with Crippen LogP contribution in [0.15, 0.2) is 18.2 Å². The molecule has 0 radical (unpaired) electrons. The topological polar surface area (TPSA) is 43.4 Å². The van der Waals surface area contributed by atoms with E-state index in [0.29, 0.717) is 0 Å². The van der Waals surface area contributed by atoms with E-state index in [2.05, 4.69) is 0 Å². The standard InChI is InChI=1S/C12H12Cl2O3/c1-12(2,3)17-11(16)10(15)7-5-4-6-8(13)9(7)14/h4-6H,1-3H3. The summed E-state index contributed by atoms with van der Waals surface area (Å²) in [4.78, 5) is 23.3. The van der Waals surface area contributed by atoms with Crippen molar-refractivity contribution in [2.24, 2.45) is 0 Å². The highest BCUT2D eigenvalue weighted by Crippen LogP contribution is 2.26. The number of carbonyl (C=O) groups excluding carboxylic acids is 2. The summed E-state index contributed by atoms with van der Waals surface area (Å²) in [6.07, 6.45) is 0. The van der Waals surface area contributed by atoms with Crippen molar-refractivity contribution >= 4 is 35.0 Å². The van der Waals surface area contributed by atoms with Gasteiger partial charge in [-0.3, -0.25) is 4.79 Å². The fraction of sp³-hybridized carbons (Fsp3) is 0.333.